The van der Waals surface area contributed by atoms with E-state index in [1.54, 1.807) is 18.4 Å². The van der Waals surface area contributed by atoms with Crippen LogP contribution in [0.4, 0.5) is 5.13 Å². The summed E-state index contributed by atoms with van der Waals surface area (Å²) in [6.07, 6.45) is 4.10. The number of aromatic nitrogens is 1. The Hall–Kier alpha value is -1.33. The largest absolute Gasteiger partial charge is 0.497 e. The van der Waals surface area contributed by atoms with Gasteiger partial charge in [-0.25, -0.2) is 4.98 Å². The van der Waals surface area contributed by atoms with Gasteiger partial charge in [-0.3, -0.25) is 4.90 Å². The standard InChI is InChI=1S/C16H21N3OS/c1-20-13-5-6-14-15(10-13)21-16(17-14)19-9-8-18-7-3-2-4-12(18)11-19/h5-6,10,12H,2-4,7-9,11H2,1H3. The molecule has 1 aromatic heterocycles. The van der Waals surface area contributed by atoms with Crippen molar-refractivity contribution in [2.24, 2.45) is 0 Å². The molecule has 0 saturated carbocycles. The van der Waals surface area contributed by atoms with Gasteiger partial charge in [-0.15, -0.1) is 0 Å². The van der Waals surface area contributed by atoms with Crippen LogP contribution in [0.3, 0.4) is 0 Å². The van der Waals surface area contributed by atoms with Crippen LogP contribution < -0.4 is 9.64 Å². The van der Waals surface area contributed by atoms with Crippen LogP contribution in [-0.4, -0.2) is 49.2 Å². The average Bonchev–Trinajstić information content (AvgIpc) is 2.97. The molecule has 2 fully saturated rings. The summed E-state index contributed by atoms with van der Waals surface area (Å²) < 4.78 is 6.52. The summed E-state index contributed by atoms with van der Waals surface area (Å²) >= 11 is 1.79. The molecule has 4 nitrogen and oxygen atoms in total. The Kier molecular flexibility index (Phi) is 3.47. The number of hydrogen-bond acceptors (Lipinski definition) is 5. The van der Waals surface area contributed by atoms with Crippen LogP contribution >= 0.6 is 11.3 Å². The Balaban J connectivity index is 1.58. The predicted octanol–water partition coefficient (Wildman–Crippen LogP) is 2.98. The third kappa shape index (κ3) is 2.49. The molecule has 2 saturated heterocycles. The molecule has 1 aromatic carbocycles. The van der Waals surface area contributed by atoms with Crippen molar-refractivity contribution in [2.45, 2.75) is 25.3 Å². The van der Waals surface area contributed by atoms with E-state index in [9.17, 15) is 0 Å². The molecule has 0 bridgehead atoms. The number of thiazole rings is 1. The molecule has 1 unspecified atom stereocenters. The SMILES string of the molecule is COc1ccc2nc(N3CCN4CCCCC4C3)sc2c1. The van der Waals surface area contributed by atoms with Crippen molar-refractivity contribution in [3.8, 4) is 5.75 Å². The summed E-state index contributed by atoms with van der Waals surface area (Å²) in [5.41, 5.74) is 1.09. The van der Waals surface area contributed by atoms with Crippen LogP contribution in [0.1, 0.15) is 19.3 Å². The fourth-order valence-electron chi connectivity index (χ4n) is 3.48. The molecular formula is C16H21N3OS. The lowest BCUT2D eigenvalue weighted by Crippen LogP contribution is -2.54. The first-order valence-corrected chi connectivity index (χ1v) is 8.59. The van der Waals surface area contributed by atoms with Gasteiger partial charge < -0.3 is 9.64 Å². The highest BCUT2D eigenvalue weighted by Crippen LogP contribution is 2.33. The zero-order chi connectivity index (χ0) is 14.2. The van der Waals surface area contributed by atoms with Gasteiger partial charge in [-0.2, -0.15) is 0 Å². The van der Waals surface area contributed by atoms with Crippen LogP contribution in [-0.2, 0) is 0 Å². The van der Waals surface area contributed by atoms with E-state index in [2.05, 4.69) is 21.9 Å². The maximum Gasteiger partial charge on any atom is 0.186 e. The van der Waals surface area contributed by atoms with Crippen LogP contribution in [0.2, 0.25) is 0 Å². The quantitative estimate of drug-likeness (QED) is 0.853. The lowest BCUT2D eigenvalue weighted by Gasteiger charge is -2.43. The summed E-state index contributed by atoms with van der Waals surface area (Å²) in [6.45, 7) is 4.71. The highest BCUT2D eigenvalue weighted by atomic mass is 32.1. The monoisotopic (exact) mass is 303 g/mol. The molecule has 1 atom stereocenters. The molecule has 5 heteroatoms. The highest BCUT2D eigenvalue weighted by Gasteiger charge is 2.30. The van der Waals surface area contributed by atoms with Crippen molar-refractivity contribution in [3.63, 3.8) is 0 Å². The molecule has 4 rings (SSSR count). The minimum Gasteiger partial charge on any atom is -0.497 e. The minimum atomic E-state index is 0.731. The molecular weight excluding hydrogens is 282 g/mol. The number of anilines is 1. The Labute approximate surface area is 129 Å². The van der Waals surface area contributed by atoms with Gasteiger partial charge in [-0.1, -0.05) is 17.8 Å². The third-order valence-corrected chi connectivity index (χ3v) is 5.77. The fourth-order valence-corrected chi connectivity index (χ4v) is 4.51. The van der Waals surface area contributed by atoms with E-state index in [4.69, 9.17) is 9.72 Å². The van der Waals surface area contributed by atoms with E-state index < -0.39 is 0 Å². The second-order valence-electron chi connectivity index (χ2n) is 5.96. The molecule has 0 N–H and O–H groups in total. The minimum absolute atomic E-state index is 0.731. The maximum atomic E-state index is 5.31. The first-order valence-electron chi connectivity index (χ1n) is 7.77. The van der Waals surface area contributed by atoms with Gasteiger partial charge in [0, 0.05) is 25.7 Å². The van der Waals surface area contributed by atoms with Crippen molar-refractivity contribution in [2.75, 3.05) is 38.2 Å². The van der Waals surface area contributed by atoms with Gasteiger partial charge in [0.15, 0.2) is 5.13 Å². The van der Waals surface area contributed by atoms with E-state index >= 15 is 0 Å². The number of benzene rings is 1. The van der Waals surface area contributed by atoms with Gasteiger partial charge in [0.1, 0.15) is 5.75 Å². The Morgan fingerprint density at radius 3 is 3.10 bits per heavy atom. The smallest absolute Gasteiger partial charge is 0.186 e. The van der Waals surface area contributed by atoms with Gasteiger partial charge in [-0.05, 0) is 37.6 Å². The van der Waals surface area contributed by atoms with Crippen LogP contribution in [0.15, 0.2) is 18.2 Å². The number of rotatable bonds is 2. The highest BCUT2D eigenvalue weighted by molar-refractivity contribution is 7.22. The summed E-state index contributed by atoms with van der Waals surface area (Å²) in [5, 5.41) is 1.17. The number of hydrogen-bond donors (Lipinski definition) is 0. The Bertz CT molecular complexity index is 641. The molecule has 3 heterocycles. The molecule has 0 aliphatic carbocycles. The van der Waals surface area contributed by atoms with Crippen molar-refractivity contribution in [1.29, 1.82) is 0 Å². The van der Waals surface area contributed by atoms with Gasteiger partial charge in [0.2, 0.25) is 0 Å². The molecule has 2 aromatic rings. The first kappa shape index (κ1) is 13.3. The zero-order valence-electron chi connectivity index (χ0n) is 12.4. The van der Waals surface area contributed by atoms with E-state index in [0.29, 0.717) is 0 Å². The van der Waals surface area contributed by atoms with E-state index in [1.807, 2.05) is 6.07 Å². The lowest BCUT2D eigenvalue weighted by atomic mass is 10.00. The summed E-state index contributed by atoms with van der Waals surface area (Å²) in [6, 6.07) is 6.87. The number of ether oxygens (including phenoxy) is 1. The van der Waals surface area contributed by atoms with E-state index in [0.717, 1.165) is 30.4 Å². The molecule has 2 aliphatic rings. The van der Waals surface area contributed by atoms with E-state index in [-0.39, 0.29) is 0 Å². The number of nitrogens with zero attached hydrogens (tertiary/aromatic N) is 3. The molecule has 0 amide bonds. The van der Waals surface area contributed by atoms with E-state index in [1.165, 1.54) is 42.2 Å². The van der Waals surface area contributed by atoms with Crippen molar-refractivity contribution >= 4 is 26.7 Å². The summed E-state index contributed by atoms with van der Waals surface area (Å²) in [4.78, 5) is 9.96. The predicted molar refractivity (Wildman–Crippen MR) is 87.6 cm³/mol. The normalized spacial score (nSPS) is 23.3. The van der Waals surface area contributed by atoms with Crippen LogP contribution in [0.25, 0.3) is 10.2 Å². The molecule has 0 spiro atoms. The Morgan fingerprint density at radius 1 is 1.24 bits per heavy atom. The average molecular weight is 303 g/mol. The fraction of sp³-hybridized carbons (Fsp3) is 0.562. The molecule has 0 radical (unpaired) electrons. The third-order valence-electron chi connectivity index (χ3n) is 4.69. The summed E-state index contributed by atoms with van der Waals surface area (Å²) in [5.74, 6) is 0.912. The molecule has 21 heavy (non-hydrogen) atoms. The lowest BCUT2D eigenvalue weighted by molar-refractivity contribution is 0.133. The number of methoxy groups -OCH3 is 1. The number of fused-ring (bicyclic) bond motifs is 2. The van der Waals surface area contributed by atoms with Crippen molar-refractivity contribution in [3.05, 3.63) is 18.2 Å². The van der Waals surface area contributed by atoms with Crippen molar-refractivity contribution in [1.82, 2.24) is 9.88 Å². The van der Waals surface area contributed by atoms with Crippen LogP contribution in [0.5, 0.6) is 5.75 Å². The summed E-state index contributed by atoms with van der Waals surface area (Å²) in [7, 11) is 1.71. The maximum absolute atomic E-state index is 5.31. The second kappa shape index (κ2) is 5.46. The first-order chi connectivity index (χ1) is 10.3. The number of piperidine rings is 1. The zero-order valence-corrected chi connectivity index (χ0v) is 13.2. The molecule has 2 aliphatic heterocycles. The topological polar surface area (TPSA) is 28.6 Å². The van der Waals surface area contributed by atoms with Crippen LogP contribution in [0, 0.1) is 0 Å². The van der Waals surface area contributed by atoms with Gasteiger partial charge in [0.25, 0.3) is 0 Å². The Morgan fingerprint density at radius 2 is 2.19 bits per heavy atom. The second-order valence-corrected chi connectivity index (χ2v) is 6.97. The van der Waals surface area contributed by atoms with Crippen molar-refractivity contribution < 1.29 is 4.74 Å². The van der Waals surface area contributed by atoms with Gasteiger partial charge in [0.05, 0.1) is 17.3 Å². The number of piperazine rings is 1. The molecule has 112 valence electrons. The van der Waals surface area contributed by atoms with Gasteiger partial charge >= 0.3 is 0 Å².